The first-order chi connectivity index (χ1) is 4.00. The third kappa shape index (κ3) is 5260. The van der Waals surface area contributed by atoms with Crippen molar-refractivity contribution < 1.29 is 42.2 Å². The minimum absolute atomic E-state index is 0. The van der Waals surface area contributed by atoms with Gasteiger partial charge in [-0.15, -0.1) is 0 Å². The molecule has 0 radical (unpaired) electrons. The Hall–Kier alpha value is 0.419. The quantitative estimate of drug-likeness (QED) is 0.182. The van der Waals surface area contributed by atoms with Gasteiger partial charge < -0.3 is 33.8 Å². The van der Waals surface area contributed by atoms with Crippen LogP contribution in [0.1, 0.15) is 0 Å². The van der Waals surface area contributed by atoms with Crippen LogP contribution in [0.3, 0.4) is 0 Å². The second-order valence-electron chi connectivity index (χ2n) is 1.01. The van der Waals surface area contributed by atoms with Gasteiger partial charge in [-0.2, -0.15) is 0 Å². The van der Waals surface area contributed by atoms with Gasteiger partial charge >= 0.3 is 26.4 Å². The topological polar surface area (TPSA) is 191 Å². The zero-order valence-corrected chi connectivity index (χ0v) is 8.33. The second-order valence-corrected chi connectivity index (χ2v) is 3.02. The fraction of sp³-hybridized carbons (Fsp3) is 0. The zero-order chi connectivity index (χ0) is 9.00. The Kier molecular flexibility index (Phi) is 15.3. The number of rotatable bonds is 0. The van der Waals surface area contributed by atoms with E-state index in [1.54, 1.807) is 0 Å². The third-order valence-electron chi connectivity index (χ3n) is 0. The summed E-state index contributed by atoms with van der Waals surface area (Å²) in [6.45, 7) is 0. The predicted molar refractivity (Wildman–Crippen MR) is 32.8 cm³/mol. The van der Waals surface area contributed by atoms with E-state index in [1.165, 1.54) is 0 Å². The van der Waals surface area contributed by atoms with Gasteiger partial charge in [0.1, 0.15) is 0 Å². The fourth-order valence-corrected chi connectivity index (χ4v) is 0. The molecule has 0 heterocycles. The largest absolute Gasteiger partial charge is 3.00 e. The summed E-state index contributed by atoms with van der Waals surface area (Å²) in [5, 5.41) is 0. The molecule has 12 heavy (non-hydrogen) atoms. The molecule has 0 spiro atoms. The van der Waals surface area contributed by atoms with Gasteiger partial charge in [0.05, 0.1) is 0 Å². The average Bonchev–Trinajstić information content (AvgIpc) is 1.12. The molecule has 0 saturated carbocycles. The van der Waals surface area contributed by atoms with Gasteiger partial charge in [0, 0.05) is 10.4 Å². The van der Waals surface area contributed by atoms with Crippen molar-refractivity contribution in [2.45, 2.75) is 0 Å². The average molecular weight is 236 g/mol. The van der Waals surface area contributed by atoms with E-state index in [2.05, 4.69) is 0 Å². The minimum atomic E-state index is -5.17. The Morgan fingerprint density at radius 2 is 1.00 bits per heavy atom. The molecule has 0 aliphatic rings. The number of hydrogen-bond donors (Lipinski definition) is 4. The van der Waals surface area contributed by atoms with Crippen LogP contribution in [0, 0.1) is 0 Å². The number of hydrogen-bond acceptors (Lipinski definition) is 9. The summed E-state index contributed by atoms with van der Waals surface area (Å²) in [6, 6.07) is 0. The monoisotopic (exact) mass is 236 g/mol. The summed E-state index contributed by atoms with van der Waals surface area (Å²) in [5.74, 6) is 0. The third-order valence-corrected chi connectivity index (χ3v) is 0. The van der Waals surface area contributed by atoms with E-state index in [4.69, 9.17) is 36.7 Å². The molecule has 0 amide bonds. The minimum Gasteiger partial charge on any atom is -0.870 e. The Labute approximate surface area is 79.4 Å². The van der Waals surface area contributed by atoms with Gasteiger partial charge in [-0.05, 0) is 0 Å². The zero-order valence-electron chi connectivity index (χ0n) is 5.35. The summed E-state index contributed by atoms with van der Waals surface area (Å²) in [5.41, 5.74) is 0. The van der Waals surface area contributed by atoms with Crippen LogP contribution in [-0.2, 0) is 10.4 Å². The van der Waals surface area contributed by atoms with Crippen molar-refractivity contribution in [3.63, 3.8) is 0 Å². The van der Waals surface area contributed by atoms with Crippen molar-refractivity contribution in [3.05, 3.63) is 0 Å². The van der Waals surface area contributed by atoms with E-state index < -0.39 is 19.4 Å². The summed E-state index contributed by atoms with van der Waals surface area (Å²) in [4.78, 5) is 29.3. The summed E-state index contributed by atoms with van der Waals surface area (Å²) < 4.78 is 34.1. The first-order valence-corrected chi connectivity index (χ1v) is 4.68. The van der Waals surface area contributed by atoms with Crippen LogP contribution >= 0.6 is 0 Å². The van der Waals surface area contributed by atoms with Gasteiger partial charge in [0.2, 0.25) is 0 Å². The van der Waals surface area contributed by atoms with E-state index in [-0.39, 0.29) is 22.8 Å². The maximum atomic E-state index is 8.52. The molecule has 72 valence electrons. The van der Waals surface area contributed by atoms with Crippen molar-refractivity contribution in [1.82, 2.24) is 0 Å². The molecular weight excluding hydrogens is 231 g/mol. The van der Waals surface area contributed by atoms with Gasteiger partial charge in [0.15, 0.2) is 0 Å². The van der Waals surface area contributed by atoms with Gasteiger partial charge in [0.25, 0.3) is 0 Å². The Balaban J connectivity index is -0.0000000457. The first-order valence-electron chi connectivity index (χ1n) is 1.56. The Bertz CT molecular complexity index is 149. The van der Waals surface area contributed by atoms with Gasteiger partial charge in [-0.3, -0.25) is 8.42 Å². The molecule has 9 nitrogen and oxygen atoms in total. The second kappa shape index (κ2) is 8.04. The molecule has 0 bridgehead atoms. The molecule has 0 unspecified atom stereocenters. The van der Waals surface area contributed by atoms with Gasteiger partial charge in [-0.1, -0.05) is 0 Å². The molecule has 5 N–H and O–H groups in total. The van der Waals surface area contributed by atoms with E-state index in [0.29, 0.717) is 0 Å². The van der Waals surface area contributed by atoms with Crippen LogP contribution in [0.5, 0.6) is 0 Å². The standard InChI is InChI=1S/Al.H2O4S.H4O4Si.H2O/c;2*1-5(2,3)4;/h;(H2,1,2,3,4);1-4H;1H2/q+3;;;/p-3. The Morgan fingerprint density at radius 3 is 1.00 bits per heavy atom. The van der Waals surface area contributed by atoms with Crippen LogP contribution in [0.15, 0.2) is 0 Å². The van der Waals surface area contributed by atoms with E-state index >= 15 is 0 Å². The van der Waals surface area contributed by atoms with Crippen molar-refractivity contribution in [2.75, 3.05) is 0 Å². The van der Waals surface area contributed by atoms with Crippen molar-refractivity contribution in [3.8, 4) is 0 Å². The molecule has 0 fully saturated rings. The summed E-state index contributed by atoms with van der Waals surface area (Å²) >= 11 is 0. The molecule has 0 aromatic heterocycles. The maximum Gasteiger partial charge on any atom is 3.00 e. The molecule has 0 aliphatic carbocycles. The Morgan fingerprint density at radius 1 is 1.00 bits per heavy atom. The van der Waals surface area contributed by atoms with Crippen LogP contribution in [-0.4, -0.2) is 68.6 Å². The SMILES string of the molecule is O=S(=O)([O-])[O-].O[Si](O)(O)O.[Al+3].[OH-]. The summed E-state index contributed by atoms with van der Waals surface area (Å²) in [7, 11) is -9.78. The molecule has 0 saturated heterocycles. The predicted octanol–water partition coefficient (Wildman–Crippen LogP) is -4.50. The molecule has 12 heteroatoms. The van der Waals surface area contributed by atoms with E-state index in [1.807, 2.05) is 0 Å². The van der Waals surface area contributed by atoms with Crippen LogP contribution in [0.2, 0.25) is 0 Å². The van der Waals surface area contributed by atoms with Crippen LogP contribution in [0.25, 0.3) is 0 Å². The summed E-state index contributed by atoms with van der Waals surface area (Å²) in [6.07, 6.45) is 0. The molecular formula is H5AlO9SSi. The maximum absolute atomic E-state index is 8.52. The van der Waals surface area contributed by atoms with Crippen molar-refractivity contribution >= 4 is 36.8 Å². The molecule has 0 aliphatic heterocycles. The molecule has 0 aromatic carbocycles. The molecule has 0 atom stereocenters. The van der Waals surface area contributed by atoms with Crippen LogP contribution in [0.4, 0.5) is 0 Å². The normalized spacial score (nSPS) is 9.83. The molecule has 0 rings (SSSR count). The van der Waals surface area contributed by atoms with Gasteiger partial charge in [-0.25, -0.2) is 0 Å². The van der Waals surface area contributed by atoms with E-state index in [0.717, 1.165) is 0 Å². The van der Waals surface area contributed by atoms with Crippen LogP contribution < -0.4 is 0 Å². The van der Waals surface area contributed by atoms with Crippen molar-refractivity contribution in [2.24, 2.45) is 0 Å². The van der Waals surface area contributed by atoms with Crippen molar-refractivity contribution in [1.29, 1.82) is 0 Å². The smallest absolute Gasteiger partial charge is 0.870 e. The fourth-order valence-electron chi connectivity index (χ4n) is 0. The first kappa shape index (κ1) is 22.8. The van der Waals surface area contributed by atoms with E-state index in [9.17, 15) is 0 Å². The molecule has 0 aromatic rings.